The smallest absolute Gasteiger partial charge is 0.133 e. The predicted octanol–water partition coefficient (Wildman–Crippen LogP) is 3.40. The van der Waals surface area contributed by atoms with Gasteiger partial charge in [-0.1, -0.05) is 6.07 Å². The lowest BCUT2D eigenvalue weighted by Crippen LogP contribution is -2.39. The average Bonchev–Trinajstić information content (AvgIpc) is 2.32. The monoisotopic (exact) mass is 315 g/mol. The van der Waals surface area contributed by atoms with Gasteiger partial charge in [-0.3, -0.25) is 4.90 Å². The van der Waals surface area contributed by atoms with E-state index in [1.54, 1.807) is 7.11 Å². The van der Waals surface area contributed by atoms with Crippen LogP contribution in [0.25, 0.3) is 0 Å². The van der Waals surface area contributed by atoms with E-state index in [4.69, 9.17) is 4.74 Å². The fourth-order valence-corrected chi connectivity index (χ4v) is 3.71. The van der Waals surface area contributed by atoms with E-state index < -0.39 is 0 Å². The van der Waals surface area contributed by atoms with Crippen LogP contribution in [-0.4, -0.2) is 36.1 Å². The highest BCUT2D eigenvalue weighted by atomic mass is 79.9. The highest BCUT2D eigenvalue weighted by molar-refractivity contribution is 9.10. The normalized spacial score (nSPS) is 21.5. The van der Waals surface area contributed by atoms with Crippen molar-refractivity contribution in [3.05, 3.63) is 28.2 Å². The van der Waals surface area contributed by atoms with Crippen molar-refractivity contribution < 1.29 is 4.74 Å². The number of hydrogen-bond donors (Lipinski definition) is 0. The van der Waals surface area contributed by atoms with Gasteiger partial charge < -0.3 is 4.74 Å². The van der Waals surface area contributed by atoms with Gasteiger partial charge in [0.2, 0.25) is 0 Å². The summed E-state index contributed by atoms with van der Waals surface area (Å²) in [6, 6.07) is 7.02. The van der Waals surface area contributed by atoms with Gasteiger partial charge in [0.05, 0.1) is 11.6 Å². The Bertz CT molecular complexity index is 386. The Morgan fingerprint density at radius 1 is 1.53 bits per heavy atom. The van der Waals surface area contributed by atoms with Crippen LogP contribution in [0.5, 0.6) is 5.75 Å². The molecule has 0 aliphatic carbocycles. The lowest BCUT2D eigenvalue weighted by atomic mass is 10.2. The molecule has 1 aromatic carbocycles. The maximum Gasteiger partial charge on any atom is 0.133 e. The van der Waals surface area contributed by atoms with Gasteiger partial charge >= 0.3 is 0 Å². The van der Waals surface area contributed by atoms with Crippen molar-refractivity contribution >= 4 is 27.7 Å². The van der Waals surface area contributed by atoms with Crippen molar-refractivity contribution in [3.63, 3.8) is 0 Å². The number of benzene rings is 1. The SMILES string of the molecule is COc1ccc(CN2CCSCC2C)cc1Br. The van der Waals surface area contributed by atoms with Crippen molar-refractivity contribution in [2.75, 3.05) is 25.2 Å². The Morgan fingerprint density at radius 3 is 3.00 bits per heavy atom. The number of hydrogen-bond acceptors (Lipinski definition) is 3. The number of halogens is 1. The van der Waals surface area contributed by atoms with Gasteiger partial charge in [-0.15, -0.1) is 0 Å². The third-order valence-corrected chi connectivity index (χ3v) is 4.92. The minimum absolute atomic E-state index is 0.676. The number of nitrogens with zero attached hydrogens (tertiary/aromatic N) is 1. The zero-order valence-electron chi connectivity index (χ0n) is 10.3. The van der Waals surface area contributed by atoms with Crippen molar-refractivity contribution in [2.24, 2.45) is 0 Å². The second-order valence-corrected chi connectivity index (χ2v) is 6.37. The first-order chi connectivity index (χ1) is 8.20. The number of rotatable bonds is 3. The van der Waals surface area contributed by atoms with Crippen molar-refractivity contribution in [1.82, 2.24) is 4.90 Å². The molecule has 1 aromatic rings. The summed E-state index contributed by atoms with van der Waals surface area (Å²) in [4.78, 5) is 2.55. The molecule has 0 aromatic heterocycles. The zero-order valence-corrected chi connectivity index (χ0v) is 12.7. The summed E-state index contributed by atoms with van der Waals surface area (Å²) in [5.74, 6) is 3.40. The van der Waals surface area contributed by atoms with Gasteiger partial charge in [0.1, 0.15) is 5.75 Å². The molecule has 1 saturated heterocycles. The third kappa shape index (κ3) is 3.39. The Balaban J connectivity index is 2.05. The summed E-state index contributed by atoms with van der Waals surface area (Å²) in [7, 11) is 1.70. The molecule has 0 amide bonds. The Hall–Kier alpha value is -0.190. The first-order valence-electron chi connectivity index (χ1n) is 5.85. The molecule has 1 aliphatic rings. The van der Waals surface area contributed by atoms with Gasteiger partial charge in [-0.25, -0.2) is 0 Å². The lowest BCUT2D eigenvalue weighted by Gasteiger charge is -2.33. The van der Waals surface area contributed by atoms with Crippen LogP contribution in [0.3, 0.4) is 0 Å². The van der Waals surface area contributed by atoms with Crippen LogP contribution in [0.4, 0.5) is 0 Å². The van der Waals surface area contributed by atoms with Crippen LogP contribution in [0.1, 0.15) is 12.5 Å². The topological polar surface area (TPSA) is 12.5 Å². The van der Waals surface area contributed by atoms with Crippen LogP contribution < -0.4 is 4.74 Å². The summed E-state index contributed by atoms with van der Waals surface area (Å²) >= 11 is 5.60. The predicted molar refractivity (Wildman–Crippen MR) is 77.9 cm³/mol. The summed E-state index contributed by atoms with van der Waals surface area (Å²) < 4.78 is 6.29. The van der Waals surface area contributed by atoms with E-state index in [1.165, 1.54) is 23.6 Å². The maximum absolute atomic E-state index is 5.25. The van der Waals surface area contributed by atoms with E-state index in [9.17, 15) is 0 Å². The first kappa shape index (κ1) is 13.2. The fourth-order valence-electron chi connectivity index (χ4n) is 2.04. The van der Waals surface area contributed by atoms with E-state index in [0.717, 1.165) is 16.8 Å². The second kappa shape index (κ2) is 6.12. The van der Waals surface area contributed by atoms with Crippen LogP contribution in [0, 0.1) is 0 Å². The van der Waals surface area contributed by atoms with E-state index in [1.807, 2.05) is 6.07 Å². The molecule has 0 spiro atoms. The first-order valence-corrected chi connectivity index (χ1v) is 7.79. The van der Waals surface area contributed by atoms with Gasteiger partial charge in [0.25, 0.3) is 0 Å². The van der Waals surface area contributed by atoms with Gasteiger partial charge in [0, 0.05) is 30.6 Å². The highest BCUT2D eigenvalue weighted by Gasteiger charge is 2.18. The molecule has 0 bridgehead atoms. The van der Waals surface area contributed by atoms with E-state index >= 15 is 0 Å². The highest BCUT2D eigenvalue weighted by Crippen LogP contribution is 2.27. The van der Waals surface area contributed by atoms with Crippen molar-refractivity contribution in [2.45, 2.75) is 19.5 Å². The molecule has 1 fully saturated rings. The molecule has 1 unspecified atom stereocenters. The quantitative estimate of drug-likeness (QED) is 0.848. The third-order valence-electron chi connectivity index (χ3n) is 3.11. The summed E-state index contributed by atoms with van der Waals surface area (Å²) in [6.07, 6.45) is 0. The standard InChI is InChI=1S/C13H18BrNOS/c1-10-9-17-6-5-15(10)8-11-3-4-13(16-2)12(14)7-11/h3-4,7,10H,5-6,8-9H2,1-2H3. The molecule has 1 atom stereocenters. The minimum Gasteiger partial charge on any atom is -0.496 e. The molecule has 4 heteroatoms. The number of ether oxygens (including phenoxy) is 1. The van der Waals surface area contributed by atoms with E-state index in [2.05, 4.69) is 51.6 Å². The summed E-state index contributed by atoms with van der Waals surface area (Å²) in [5, 5.41) is 0. The van der Waals surface area contributed by atoms with Crippen LogP contribution in [0.15, 0.2) is 22.7 Å². The molecule has 0 N–H and O–H groups in total. The Labute approximate surface area is 116 Å². The molecule has 2 nitrogen and oxygen atoms in total. The molecule has 1 aliphatic heterocycles. The minimum atomic E-state index is 0.676. The zero-order chi connectivity index (χ0) is 12.3. The molecule has 17 heavy (non-hydrogen) atoms. The molecular formula is C13H18BrNOS. The van der Waals surface area contributed by atoms with Crippen LogP contribution in [-0.2, 0) is 6.54 Å². The number of thioether (sulfide) groups is 1. The van der Waals surface area contributed by atoms with Crippen molar-refractivity contribution in [1.29, 1.82) is 0 Å². The van der Waals surface area contributed by atoms with Gasteiger partial charge in [-0.05, 0) is 40.5 Å². The fraction of sp³-hybridized carbons (Fsp3) is 0.538. The second-order valence-electron chi connectivity index (χ2n) is 4.36. The average molecular weight is 316 g/mol. The lowest BCUT2D eigenvalue weighted by molar-refractivity contribution is 0.224. The Kier molecular flexibility index (Phi) is 4.77. The van der Waals surface area contributed by atoms with Gasteiger partial charge in [0.15, 0.2) is 0 Å². The molecular weight excluding hydrogens is 298 g/mol. The van der Waals surface area contributed by atoms with E-state index in [-0.39, 0.29) is 0 Å². The van der Waals surface area contributed by atoms with Gasteiger partial charge in [-0.2, -0.15) is 11.8 Å². The molecule has 0 radical (unpaired) electrons. The maximum atomic E-state index is 5.25. The molecule has 2 rings (SSSR count). The number of methoxy groups -OCH3 is 1. The van der Waals surface area contributed by atoms with Crippen molar-refractivity contribution in [3.8, 4) is 5.75 Å². The molecule has 94 valence electrons. The largest absolute Gasteiger partial charge is 0.496 e. The molecule has 0 saturated carbocycles. The Morgan fingerprint density at radius 2 is 2.35 bits per heavy atom. The van der Waals surface area contributed by atoms with Crippen LogP contribution in [0.2, 0.25) is 0 Å². The summed E-state index contributed by atoms with van der Waals surface area (Å²) in [6.45, 7) is 4.53. The van der Waals surface area contributed by atoms with Crippen LogP contribution >= 0.6 is 27.7 Å². The molecule has 1 heterocycles. The summed E-state index contributed by atoms with van der Waals surface area (Å²) in [5.41, 5.74) is 1.34. The van der Waals surface area contributed by atoms with E-state index in [0.29, 0.717) is 6.04 Å².